The number of carbonyl (C=O) groups excluding carboxylic acids is 6. The van der Waals surface area contributed by atoms with Crippen molar-refractivity contribution in [2.75, 3.05) is 46.1 Å². The van der Waals surface area contributed by atoms with E-state index >= 15 is 0 Å². The Balaban J connectivity index is 0.000000739. The zero-order valence-corrected chi connectivity index (χ0v) is 25.0. The standard InChI is InChI=1S/C13H16FN5O3.C11H12N2O3.C2H4FN3.Cu/c14-5-8-18-9-10(16-17-18)3-6-15-11(20)4-7-19-12(21)1-2-13(19)22;1-2-3-7-12-9(14)6-8-13-10(15)4-5-11(13)16;3-1-2-5-6-4;/h1-2,9H,3-8H2,(H,15,20);1,4-5H,3,6-8H2,(H,12,14);1-2H2;. The van der Waals surface area contributed by atoms with Crippen LogP contribution in [0.15, 0.2) is 35.6 Å². The zero-order valence-electron chi connectivity index (χ0n) is 24.0. The van der Waals surface area contributed by atoms with Crippen LogP contribution in [0.25, 0.3) is 10.4 Å². The van der Waals surface area contributed by atoms with Gasteiger partial charge in [-0.1, -0.05) is 10.3 Å². The Hall–Kier alpha value is -4.91. The Bertz CT molecular complexity index is 1290. The number of hydrogen-bond donors (Lipinski definition) is 2. The number of alkyl halides is 2. The number of imide groups is 2. The number of carbonyl (C=O) groups is 6. The number of terminal acetylenes is 1. The molecule has 1 aromatic rings. The fourth-order valence-corrected chi connectivity index (χ4v) is 3.24. The summed E-state index contributed by atoms with van der Waals surface area (Å²) in [4.78, 5) is 72.1. The van der Waals surface area contributed by atoms with Gasteiger partial charge >= 0.3 is 0 Å². The van der Waals surface area contributed by atoms with Gasteiger partial charge in [0, 0.05) is 104 Å². The van der Waals surface area contributed by atoms with E-state index in [9.17, 15) is 37.5 Å². The molecule has 16 nitrogen and oxygen atoms in total. The fourth-order valence-electron chi connectivity index (χ4n) is 3.24. The molecule has 247 valence electrons. The Morgan fingerprint density at radius 3 is 1.82 bits per heavy atom. The molecule has 2 aliphatic heterocycles. The summed E-state index contributed by atoms with van der Waals surface area (Å²) in [6.07, 6.45) is 12.5. The maximum atomic E-state index is 12.1. The van der Waals surface area contributed by atoms with Crippen molar-refractivity contribution in [3.05, 3.63) is 46.6 Å². The molecule has 1 aromatic heterocycles. The molecule has 0 aliphatic carbocycles. The minimum atomic E-state index is -0.565. The van der Waals surface area contributed by atoms with Gasteiger partial charge in [0.15, 0.2) is 0 Å². The maximum absolute atomic E-state index is 12.1. The fraction of sp³-hybridized carbons (Fsp3) is 0.462. The first-order valence-corrected chi connectivity index (χ1v) is 13.2. The summed E-state index contributed by atoms with van der Waals surface area (Å²) in [5, 5.41) is 15.7. The van der Waals surface area contributed by atoms with E-state index in [2.05, 4.69) is 36.9 Å². The third-order valence-corrected chi connectivity index (χ3v) is 5.37. The molecule has 0 fully saturated rings. The van der Waals surface area contributed by atoms with Crippen molar-refractivity contribution in [3.63, 3.8) is 0 Å². The van der Waals surface area contributed by atoms with Gasteiger partial charge in [0.05, 0.1) is 25.5 Å². The number of amides is 6. The molecule has 1 radical (unpaired) electrons. The summed E-state index contributed by atoms with van der Waals surface area (Å²) in [6, 6.07) is 0. The molecule has 0 atom stereocenters. The van der Waals surface area contributed by atoms with E-state index in [-0.39, 0.29) is 79.7 Å². The van der Waals surface area contributed by atoms with Crippen molar-refractivity contribution >= 4 is 35.4 Å². The Morgan fingerprint density at radius 1 is 0.889 bits per heavy atom. The van der Waals surface area contributed by atoms with Crippen molar-refractivity contribution in [2.24, 2.45) is 5.11 Å². The Labute approximate surface area is 267 Å². The average Bonchev–Trinajstić information content (AvgIpc) is 3.68. The number of aromatic nitrogens is 3. The molecule has 3 heterocycles. The van der Waals surface area contributed by atoms with Gasteiger partial charge in [-0.3, -0.25) is 43.0 Å². The van der Waals surface area contributed by atoms with Crippen molar-refractivity contribution in [1.29, 1.82) is 0 Å². The van der Waals surface area contributed by atoms with E-state index in [0.717, 1.165) is 9.80 Å². The molecule has 0 saturated heterocycles. The quantitative estimate of drug-likeness (QED) is 0.0485. The van der Waals surface area contributed by atoms with E-state index in [1.807, 2.05) is 0 Å². The zero-order chi connectivity index (χ0) is 32.7. The van der Waals surface area contributed by atoms with Crippen molar-refractivity contribution in [2.45, 2.75) is 32.2 Å². The number of azide groups is 1. The van der Waals surface area contributed by atoms with Crippen LogP contribution in [0.3, 0.4) is 0 Å². The molecule has 0 spiro atoms. The second-order valence-corrected chi connectivity index (χ2v) is 8.53. The number of hydrogen-bond acceptors (Lipinski definition) is 9. The minimum Gasteiger partial charge on any atom is -0.356 e. The van der Waals surface area contributed by atoms with Crippen molar-refractivity contribution in [3.8, 4) is 12.3 Å². The molecule has 0 aromatic carbocycles. The van der Waals surface area contributed by atoms with E-state index in [0.29, 0.717) is 31.6 Å². The summed E-state index contributed by atoms with van der Waals surface area (Å²) >= 11 is 0. The van der Waals surface area contributed by atoms with Crippen LogP contribution in [-0.2, 0) is 58.8 Å². The molecule has 2 N–H and O–H groups in total. The summed E-state index contributed by atoms with van der Waals surface area (Å²) in [5.74, 6) is 0.362. The van der Waals surface area contributed by atoms with Crippen LogP contribution in [0, 0.1) is 12.3 Å². The Morgan fingerprint density at radius 2 is 1.40 bits per heavy atom. The SMILES string of the molecule is C#CCCNC(=O)CCN1C(=O)C=CC1=O.O=C(CCN1C(=O)C=CC1=O)NCCc1cn(CCF)nn1.[Cu].[N-]=[N+]=NCCF. The van der Waals surface area contributed by atoms with Gasteiger partial charge < -0.3 is 10.6 Å². The average molecular weight is 682 g/mol. The van der Waals surface area contributed by atoms with Crippen molar-refractivity contribution in [1.82, 2.24) is 35.4 Å². The number of nitrogens with one attached hydrogen (secondary N) is 2. The van der Waals surface area contributed by atoms with Gasteiger partial charge in [-0.2, -0.15) is 0 Å². The predicted octanol–water partition coefficient (Wildman–Crippen LogP) is -0.0739. The van der Waals surface area contributed by atoms with Crippen LogP contribution in [0.4, 0.5) is 8.78 Å². The normalized spacial score (nSPS) is 12.7. The van der Waals surface area contributed by atoms with E-state index in [4.69, 9.17) is 12.0 Å². The number of aryl methyl sites for hydroxylation is 1. The van der Waals surface area contributed by atoms with Crippen LogP contribution in [0.5, 0.6) is 0 Å². The Kier molecular flexibility index (Phi) is 21.0. The third kappa shape index (κ3) is 16.5. The summed E-state index contributed by atoms with van der Waals surface area (Å²) in [5.41, 5.74) is 8.14. The molecule has 6 amide bonds. The molecule has 0 saturated carbocycles. The van der Waals surface area contributed by atoms with Crippen LogP contribution in [-0.4, -0.2) is 106 Å². The molecular weight excluding hydrogens is 650 g/mol. The molecule has 19 heteroatoms. The molecule has 0 bridgehead atoms. The molecular formula is C26H32CuF2N10O6. The second-order valence-electron chi connectivity index (χ2n) is 8.53. The first-order chi connectivity index (χ1) is 21.2. The molecule has 2 aliphatic rings. The van der Waals surface area contributed by atoms with Gasteiger partial charge in [0.2, 0.25) is 11.8 Å². The topological polar surface area (TPSA) is 212 Å². The number of halogens is 2. The predicted molar refractivity (Wildman–Crippen MR) is 150 cm³/mol. The number of nitrogens with zero attached hydrogens (tertiary/aromatic N) is 8. The first kappa shape index (κ1) is 40.1. The van der Waals surface area contributed by atoms with Gasteiger partial charge in [-0.15, -0.1) is 17.4 Å². The largest absolute Gasteiger partial charge is 0.356 e. The summed E-state index contributed by atoms with van der Waals surface area (Å²) in [6.45, 7) is -0.0350. The summed E-state index contributed by atoms with van der Waals surface area (Å²) < 4.78 is 24.4. The van der Waals surface area contributed by atoms with Crippen LogP contribution in [0.1, 0.15) is 25.0 Å². The number of rotatable bonds is 15. The minimum absolute atomic E-state index is 0. The molecule has 3 rings (SSSR count). The smallest absolute Gasteiger partial charge is 0.253 e. The van der Waals surface area contributed by atoms with Gasteiger partial charge in [0.1, 0.15) is 6.67 Å². The molecule has 45 heavy (non-hydrogen) atoms. The van der Waals surface area contributed by atoms with E-state index in [1.165, 1.54) is 29.0 Å². The third-order valence-electron chi connectivity index (χ3n) is 5.37. The van der Waals surface area contributed by atoms with Gasteiger partial charge in [0.25, 0.3) is 23.6 Å². The molecule has 0 unspecified atom stereocenters. The second kappa shape index (κ2) is 23.5. The van der Waals surface area contributed by atoms with Gasteiger partial charge in [-0.05, 0) is 5.53 Å². The summed E-state index contributed by atoms with van der Waals surface area (Å²) in [7, 11) is 0. The first-order valence-electron chi connectivity index (χ1n) is 13.2. The van der Waals surface area contributed by atoms with Crippen molar-refractivity contribution < 1.29 is 54.6 Å². The van der Waals surface area contributed by atoms with E-state index < -0.39 is 25.2 Å². The van der Waals surface area contributed by atoms with Crippen LogP contribution in [0.2, 0.25) is 0 Å². The van der Waals surface area contributed by atoms with Gasteiger partial charge in [-0.25, -0.2) is 9.07 Å². The van der Waals surface area contributed by atoms with Crippen LogP contribution < -0.4 is 10.6 Å². The monoisotopic (exact) mass is 681 g/mol. The van der Waals surface area contributed by atoms with E-state index in [1.54, 1.807) is 6.20 Å². The maximum Gasteiger partial charge on any atom is 0.253 e. The van der Waals surface area contributed by atoms with Crippen LogP contribution >= 0.6 is 0 Å².